The van der Waals surface area contributed by atoms with Gasteiger partial charge >= 0.3 is 5.97 Å². The van der Waals surface area contributed by atoms with Gasteiger partial charge in [0.2, 0.25) is 0 Å². The minimum Gasteiger partial charge on any atom is -0.481 e. The molecule has 0 aromatic carbocycles. The molecule has 4 nitrogen and oxygen atoms in total. The Labute approximate surface area is 76.4 Å². The summed E-state index contributed by atoms with van der Waals surface area (Å²) in [4.78, 5) is 14.3. The van der Waals surface area contributed by atoms with Crippen molar-refractivity contribution in [3.8, 4) is 0 Å². The number of hydrogen-bond acceptors (Lipinski definition) is 3. The highest BCUT2D eigenvalue weighted by Crippen LogP contribution is 2.16. The molecule has 0 spiro atoms. The van der Waals surface area contributed by atoms with Crippen LogP contribution in [0.3, 0.4) is 0 Å². The summed E-state index contributed by atoms with van der Waals surface area (Å²) in [7, 11) is 0. The van der Waals surface area contributed by atoms with Gasteiger partial charge in [0.15, 0.2) is 0 Å². The second-order valence-corrected chi connectivity index (χ2v) is 2.81. The number of carboxylic acid groups (broad SMARTS) is 1. The summed E-state index contributed by atoms with van der Waals surface area (Å²) >= 11 is 0. The van der Waals surface area contributed by atoms with Gasteiger partial charge in [0.05, 0.1) is 6.42 Å². The first-order valence-corrected chi connectivity index (χ1v) is 4.06. The first kappa shape index (κ1) is 9.67. The Balaban J connectivity index is 2.73. The van der Waals surface area contributed by atoms with Crippen LogP contribution in [0.4, 0.5) is 0 Å². The highest BCUT2D eigenvalue weighted by molar-refractivity contribution is 5.68. The molecule has 0 aliphatic rings. The van der Waals surface area contributed by atoms with Crippen LogP contribution < -0.4 is 5.73 Å². The van der Waals surface area contributed by atoms with Gasteiger partial charge in [0.25, 0.3) is 0 Å². The molecular formula is C9H12N2O2. The second-order valence-electron chi connectivity index (χ2n) is 2.81. The first-order chi connectivity index (χ1) is 6.24. The third-order valence-electron chi connectivity index (χ3n) is 1.88. The summed E-state index contributed by atoms with van der Waals surface area (Å²) in [6.45, 7) is 0.344. The summed E-state index contributed by atoms with van der Waals surface area (Å²) in [6, 6.07) is 3.58. The van der Waals surface area contributed by atoms with Crippen molar-refractivity contribution in [1.29, 1.82) is 0 Å². The van der Waals surface area contributed by atoms with Gasteiger partial charge in [-0.1, -0.05) is 0 Å². The molecule has 0 radical (unpaired) electrons. The Morgan fingerprint density at radius 1 is 1.54 bits per heavy atom. The van der Waals surface area contributed by atoms with Crippen LogP contribution in [-0.2, 0) is 4.79 Å². The van der Waals surface area contributed by atoms with E-state index in [9.17, 15) is 4.79 Å². The van der Waals surface area contributed by atoms with E-state index in [1.165, 1.54) is 0 Å². The van der Waals surface area contributed by atoms with E-state index in [1.54, 1.807) is 24.5 Å². The molecular weight excluding hydrogens is 168 g/mol. The fourth-order valence-electron chi connectivity index (χ4n) is 1.18. The third-order valence-corrected chi connectivity index (χ3v) is 1.88. The molecule has 1 heterocycles. The Bertz CT molecular complexity index is 274. The number of aliphatic carboxylic acids is 1. The third kappa shape index (κ3) is 2.83. The molecule has 0 saturated carbocycles. The lowest BCUT2D eigenvalue weighted by Gasteiger charge is -2.11. The van der Waals surface area contributed by atoms with Crippen LogP contribution in [0.25, 0.3) is 0 Å². The molecule has 0 bridgehead atoms. The maximum Gasteiger partial charge on any atom is 0.304 e. The lowest BCUT2D eigenvalue weighted by atomic mass is 9.97. The lowest BCUT2D eigenvalue weighted by molar-refractivity contribution is -0.137. The summed E-state index contributed by atoms with van der Waals surface area (Å²) in [5.41, 5.74) is 6.40. The Hall–Kier alpha value is -1.42. The molecule has 1 aromatic rings. The standard InChI is InChI=1S/C9H12N2O2/c10-6-8(5-9(12)13)7-1-3-11-4-2-7/h1-4,8H,5-6,10H2,(H,12,13)/t8-/m1/s1. The molecule has 13 heavy (non-hydrogen) atoms. The van der Waals surface area contributed by atoms with Crippen molar-refractivity contribution in [1.82, 2.24) is 4.98 Å². The van der Waals surface area contributed by atoms with Crippen LogP contribution in [0.1, 0.15) is 17.9 Å². The van der Waals surface area contributed by atoms with Crippen molar-refractivity contribution in [2.24, 2.45) is 5.73 Å². The van der Waals surface area contributed by atoms with E-state index in [2.05, 4.69) is 4.98 Å². The Kier molecular flexibility index (Phi) is 3.40. The molecule has 1 aromatic heterocycles. The van der Waals surface area contributed by atoms with Gasteiger partial charge in [-0.3, -0.25) is 9.78 Å². The van der Waals surface area contributed by atoms with Crippen molar-refractivity contribution >= 4 is 5.97 Å². The molecule has 3 N–H and O–H groups in total. The summed E-state index contributed by atoms with van der Waals surface area (Å²) in [5.74, 6) is -0.937. The SMILES string of the molecule is NC[C@@H](CC(=O)O)c1ccncc1. The van der Waals surface area contributed by atoms with E-state index >= 15 is 0 Å². The number of carboxylic acids is 1. The average Bonchev–Trinajstić information content (AvgIpc) is 2.15. The van der Waals surface area contributed by atoms with Crippen LogP contribution >= 0.6 is 0 Å². The van der Waals surface area contributed by atoms with Crippen LogP contribution in [0.5, 0.6) is 0 Å². The van der Waals surface area contributed by atoms with Crippen LogP contribution in [0, 0.1) is 0 Å². The molecule has 1 atom stereocenters. The summed E-state index contributed by atoms with van der Waals surface area (Å²) in [5, 5.41) is 8.61. The van der Waals surface area contributed by atoms with E-state index in [0.29, 0.717) is 6.54 Å². The van der Waals surface area contributed by atoms with Gasteiger partial charge in [0, 0.05) is 18.3 Å². The average molecular weight is 180 g/mol. The van der Waals surface area contributed by atoms with Gasteiger partial charge in [0.1, 0.15) is 0 Å². The largest absolute Gasteiger partial charge is 0.481 e. The molecule has 0 aliphatic carbocycles. The minimum atomic E-state index is -0.827. The van der Waals surface area contributed by atoms with Crippen molar-refractivity contribution in [3.05, 3.63) is 30.1 Å². The number of nitrogens with two attached hydrogens (primary N) is 1. The normalized spacial score (nSPS) is 12.4. The zero-order chi connectivity index (χ0) is 9.68. The van der Waals surface area contributed by atoms with E-state index in [-0.39, 0.29) is 12.3 Å². The zero-order valence-corrected chi connectivity index (χ0v) is 7.18. The monoisotopic (exact) mass is 180 g/mol. The predicted molar refractivity (Wildman–Crippen MR) is 48.3 cm³/mol. The maximum atomic E-state index is 10.5. The Morgan fingerprint density at radius 2 is 2.15 bits per heavy atom. The number of hydrogen-bond donors (Lipinski definition) is 2. The minimum absolute atomic E-state index is 0.0700. The van der Waals surface area contributed by atoms with Crippen LogP contribution in [0.15, 0.2) is 24.5 Å². The molecule has 0 saturated heterocycles. The maximum absolute atomic E-state index is 10.5. The van der Waals surface area contributed by atoms with Crippen molar-refractivity contribution in [2.75, 3.05) is 6.54 Å². The first-order valence-electron chi connectivity index (χ1n) is 4.06. The fraction of sp³-hybridized carbons (Fsp3) is 0.333. The van der Waals surface area contributed by atoms with Gasteiger partial charge < -0.3 is 10.8 Å². The molecule has 0 fully saturated rings. The van der Waals surface area contributed by atoms with Crippen LogP contribution in [-0.4, -0.2) is 22.6 Å². The highest BCUT2D eigenvalue weighted by atomic mass is 16.4. The fourth-order valence-corrected chi connectivity index (χ4v) is 1.18. The topological polar surface area (TPSA) is 76.2 Å². The van der Waals surface area contributed by atoms with Gasteiger partial charge in [-0.2, -0.15) is 0 Å². The summed E-state index contributed by atoms with van der Waals surface area (Å²) < 4.78 is 0. The van der Waals surface area contributed by atoms with Crippen LogP contribution in [0.2, 0.25) is 0 Å². The summed E-state index contributed by atoms with van der Waals surface area (Å²) in [6.07, 6.45) is 3.35. The number of nitrogens with zero attached hydrogens (tertiary/aromatic N) is 1. The molecule has 0 aliphatic heterocycles. The zero-order valence-electron chi connectivity index (χ0n) is 7.18. The van der Waals surface area contributed by atoms with E-state index < -0.39 is 5.97 Å². The Morgan fingerprint density at radius 3 is 2.62 bits per heavy atom. The number of rotatable bonds is 4. The predicted octanol–water partition coefficient (Wildman–Crippen LogP) is 0.599. The second kappa shape index (κ2) is 4.57. The molecule has 0 unspecified atom stereocenters. The number of carbonyl (C=O) groups is 1. The van der Waals surface area contributed by atoms with Gasteiger partial charge in [-0.15, -0.1) is 0 Å². The van der Waals surface area contributed by atoms with E-state index in [1.807, 2.05) is 0 Å². The van der Waals surface area contributed by atoms with Crippen molar-refractivity contribution < 1.29 is 9.90 Å². The number of aromatic nitrogens is 1. The molecule has 1 rings (SSSR count). The smallest absolute Gasteiger partial charge is 0.304 e. The quantitative estimate of drug-likeness (QED) is 0.711. The van der Waals surface area contributed by atoms with E-state index in [0.717, 1.165) is 5.56 Å². The van der Waals surface area contributed by atoms with E-state index in [4.69, 9.17) is 10.8 Å². The van der Waals surface area contributed by atoms with Crippen molar-refractivity contribution in [2.45, 2.75) is 12.3 Å². The highest BCUT2D eigenvalue weighted by Gasteiger charge is 2.12. The molecule has 4 heteroatoms. The molecule has 0 amide bonds. The number of pyridine rings is 1. The van der Waals surface area contributed by atoms with Gasteiger partial charge in [-0.25, -0.2) is 0 Å². The van der Waals surface area contributed by atoms with Gasteiger partial charge in [-0.05, 0) is 24.2 Å². The lowest BCUT2D eigenvalue weighted by Crippen LogP contribution is -2.16. The molecule has 70 valence electrons. The van der Waals surface area contributed by atoms with Crippen molar-refractivity contribution in [3.63, 3.8) is 0 Å².